The first kappa shape index (κ1) is 23.3. The molecule has 12 rings (SSSR count). The van der Waals surface area contributed by atoms with Crippen molar-refractivity contribution in [2.45, 2.75) is 31.2 Å². The standard InChI is InChI=1S/C42H30N3/c1-2-10-25(11-3-1)27-23-28-22-26-12-8-16-33(26)42-38(28)37(24-27)44-34-17-6-4-13-29(34)31-19-20-36(39(42)40(31)44)45-35-18-7-5-14-30(35)32-15-9-21-43(42)41(32)45/h1-7,9-11,13-15,17-21,23-24,26,33H,8,12,16,22H2/q+1. The van der Waals surface area contributed by atoms with Crippen molar-refractivity contribution in [1.82, 2.24) is 9.13 Å². The normalized spacial score (nSPS) is 22.0. The van der Waals surface area contributed by atoms with Gasteiger partial charge in [0.15, 0.2) is 5.54 Å². The summed E-state index contributed by atoms with van der Waals surface area (Å²) >= 11 is 0. The first-order valence-corrected chi connectivity index (χ1v) is 16.6. The Balaban J connectivity index is 1.39. The number of nitrogens with zero attached hydrogens (tertiary/aromatic N) is 3. The number of rotatable bonds is 1. The van der Waals surface area contributed by atoms with Gasteiger partial charge < -0.3 is 4.57 Å². The minimum absolute atomic E-state index is 0.262. The van der Waals surface area contributed by atoms with Crippen LogP contribution >= 0.6 is 0 Å². The second-order valence-electron chi connectivity index (χ2n) is 13.8. The summed E-state index contributed by atoms with van der Waals surface area (Å²) in [4.78, 5) is 0. The summed E-state index contributed by atoms with van der Waals surface area (Å²) < 4.78 is 8.01. The fourth-order valence-corrected chi connectivity index (χ4v) is 10.6. The molecule has 3 unspecified atom stereocenters. The lowest BCUT2D eigenvalue weighted by Gasteiger charge is -2.50. The van der Waals surface area contributed by atoms with E-state index in [4.69, 9.17) is 0 Å². The highest BCUT2D eigenvalue weighted by atomic mass is 15.2. The predicted octanol–water partition coefficient (Wildman–Crippen LogP) is 9.23. The molecule has 8 aromatic rings. The SMILES string of the molecule is c1ccc(-c2cc3c4c(c2)-n2c5ccccc5c5ccc6c(c52)C4(C2CCCC2C3)[n+]2cccc3c4ccccc4n-6c32)cc1. The lowest BCUT2D eigenvalue weighted by molar-refractivity contribution is -0.734. The van der Waals surface area contributed by atoms with Gasteiger partial charge in [0.05, 0.1) is 33.9 Å². The first-order valence-electron chi connectivity index (χ1n) is 16.6. The highest BCUT2D eigenvalue weighted by Gasteiger charge is 2.63. The van der Waals surface area contributed by atoms with E-state index < -0.39 is 0 Å². The topological polar surface area (TPSA) is 13.7 Å². The molecule has 0 saturated heterocycles. The van der Waals surface area contributed by atoms with Gasteiger partial charge >= 0.3 is 0 Å². The fourth-order valence-electron chi connectivity index (χ4n) is 10.6. The third-order valence-electron chi connectivity index (χ3n) is 12.0. The Hall–Kier alpha value is -5.15. The van der Waals surface area contributed by atoms with Crippen LogP contribution in [0.1, 0.15) is 36.0 Å². The number of hydrogen-bond acceptors (Lipinski definition) is 0. The summed E-state index contributed by atoms with van der Waals surface area (Å²) in [6, 6.07) is 43.8. The highest BCUT2D eigenvalue weighted by Crippen LogP contribution is 2.62. The lowest BCUT2D eigenvalue weighted by Crippen LogP contribution is -2.67. The van der Waals surface area contributed by atoms with Gasteiger partial charge in [-0.1, -0.05) is 73.2 Å². The molecule has 2 aliphatic heterocycles. The van der Waals surface area contributed by atoms with Gasteiger partial charge in [0.25, 0.3) is 5.65 Å². The molecule has 3 heteroatoms. The van der Waals surface area contributed by atoms with Crippen molar-refractivity contribution in [2.24, 2.45) is 11.8 Å². The highest BCUT2D eigenvalue weighted by molar-refractivity contribution is 6.14. The monoisotopic (exact) mass is 576 g/mol. The molecule has 0 amide bonds. The summed E-state index contributed by atoms with van der Waals surface area (Å²) in [5, 5.41) is 5.40. The molecule has 212 valence electrons. The summed E-state index contributed by atoms with van der Waals surface area (Å²) in [5.41, 5.74) is 15.0. The Morgan fingerprint density at radius 2 is 1.36 bits per heavy atom. The Kier molecular flexibility index (Phi) is 4.00. The van der Waals surface area contributed by atoms with Crippen molar-refractivity contribution in [2.75, 3.05) is 0 Å². The van der Waals surface area contributed by atoms with Crippen LogP contribution in [0.25, 0.3) is 66.2 Å². The van der Waals surface area contributed by atoms with Gasteiger partial charge in [-0.05, 0) is 90.4 Å². The molecular weight excluding hydrogens is 546 g/mol. The molecule has 0 radical (unpaired) electrons. The van der Waals surface area contributed by atoms with Crippen LogP contribution < -0.4 is 4.57 Å². The van der Waals surface area contributed by atoms with Crippen molar-refractivity contribution >= 4 is 43.7 Å². The zero-order valence-electron chi connectivity index (χ0n) is 24.9. The van der Waals surface area contributed by atoms with Gasteiger partial charge in [0.2, 0.25) is 0 Å². The van der Waals surface area contributed by atoms with Crippen molar-refractivity contribution in [3.8, 4) is 22.5 Å². The van der Waals surface area contributed by atoms with Gasteiger partial charge in [0.1, 0.15) is 11.2 Å². The van der Waals surface area contributed by atoms with Gasteiger partial charge in [0, 0.05) is 27.6 Å². The lowest BCUT2D eigenvalue weighted by atomic mass is 9.59. The van der Waals surface area contributed by atoms with Crippen LogP contribution in [0.2, 0.25) is 0 Å². The van der Waals surface area contributed by atoms with Crippen molar-refractivity contribution < 1.29 is 4.57 Å². The molecule has 1 fully saturated rings. The van der Waals surface area contributed by atoms with Gasteiger partial charge in [-0.25, -0.2) is 4.57 Å². The summed E-state index contributed by atoms with van der Waals surface area (Å²) in [6.45, 7) is 0. The third kappa shape index (κ3) is 2.48. The Morgan fingerprint density at radius 1 is 0.600 bits per heavy atom. The van der Waals surface area contributed by atoms with E-state index in [0.29, 0.717) is 11.8 Å². The minimum Gasteiger partial charge on any atom is -0.308 e. The summed E-state index contributed by atoms with van der Waals surface area (Å²) in [5.74, 6) is 1.21. The van der Waals surface area contributed by atoms with E-state index in [1.165, 1.54) is 96.6 Å². The van der Waals surface area contributed by atoms with Crippen molar-refractivity contribution in [3.63, 3.8) is 0 Å². The number of benzene rings is 5. The predicted molar refractivity (Wildman–Crippen MR) is 181 cm³/mol. The van der Waals surface area contributed by atoms with Crippen LogP contribution in [0.15, 0.2) is 121 Å². The van der Waals surface area contributed by atoms with E-state index in [1.807, 2.05) is 0 Å². The number of pyridine rings is 1. The molecule has 1 spiro atoms. The molecular formula is C42H30N3+. The molecule has 45 heavy (non-hydrogen) atoms. The fraction of sp³-hybridized carbons (Fsp3) is 0.167. The quantitative estimate of drug-likeness (QED) is 0.173. The average Bonchev–Trinajstić information content (AvgIpc) is 3.80. The average molecular weight is 577 g/mol. The molecule has 0 N–H and O–H groups in total. The van der Waals surface area contributed by atoms with E-state index in [-0.39, 0.29) is 5.54 Å². The molecule has 1 saturated carbocycles. The molecule has 5 heterocycles. The summed E-state index contributed by atoms with van der Waals surface area (Å²) in [6.07, 6.45) is 7.47. The zero-order valence-corrected chi connectivity index (χ0v) is 24.9. The smallest absolute Gasteiger partial charge is 0.296 e. The molecule has 2 aliphatic carbocycles. The van der Waals surface area contributed by atoms with Crippen molar-refractivity contribution in [1.29, 1.82) is 0 Å². The third-order valence-corrected chi connectivity index (χ3v) is 12.0. The molecule has 5 aromatic carbocycles. The number of aromatic nitrogens is 3. The maximum Gasteiger partial charge on any atom is 0.296 e. The Bertz CT molecular complexity index is 2620. The van der Waals surface area contributed by atoms with Crippen molar-refractivity contribution in [3.05, 3.63) is 138 Å². The first-order chi connectivity index (χ1) is 22.3. The van der Waals surface area contributed by atoms with E-state index in [9.17, 15) is 0 Å². The number of hydrogen-bond donors (Lipinski definition) is 0. The minimum atomic E-state index is -0.262. The van der Waals surface area contributed by atoms with Gasteiger partial charge in [-0.2, -0.15) is 4.57 Å². The van der Waals surface area contributed by atoms with Crippen LogP contribution in [-0.4, -0.2) is 9.13 Å². The van der Waals surface area contributed by atoms with Crippen LogP contribution in [0, 0.1) is 11.8 Å². The van der Waals surface area contributed by atoms with E-state index >= 15 is 0 Å². The molecule has 3 nitrogen and oxygen atoms in total. The van der Waals surface area contributed by atoms with Crippen LogP contribution in [-0.2, 0) is 12.0 Å². The molecule has 4 aliphatic rings. The van der Waals surface area contributed by atoms with E-state index in [2.05, 4.69) is 135 Å². The molecule has 3 aromatic heterocycles. The number of fused-ring (bicyclic) bond motifs is 9. The number of para-hydroxylation sites is 2. The van der Waals surface area contributed by atoms with E-state index in [1.54, 1.807) is 5.56 Å². The van der Waals surface area contributed by atoms with Crippen LogP contribution in [0.4, 0.5) is 0 Å². The Morgan fingerprint density at radius 3 is 2.22 bits per heavy atom. The summed E-state index contributed by atoms with van der Waals surface area (Å²) in [7, 11) is 0. The van der Waals surface area contributed by atoms with Crippen LogP contribution in [0.5, 0.6) is 0 Å². The zero-order chi connectivity index (χ0) is 29.0. The van der Waals surface area contributed by atoms with Gasteiger partial charge in [-0.3, -0.25) is 0 Å². The molecule has 3 atom stereocenters. The van der Waals surface area contributed by atoms with Crippen LogP contribution in [0.3, 0.4) is 0 Å². The second kappa shape index (κ2) is 7.73. The molecule has 0 bridgehead atoms. The maximum absolute atomic E-state index is 2.76. The second-order valence-corrected chi connectivity index (χ2v) is 13.8. The largest absolute Gasteiger partial charge is 0.308 e. The Labute approximate surface area is 260 Å². The van der Waals surface area contributed by atoms with Gasteiger partial charge in [-0.15, -0.1) is 0 Å². The maximum atomic E-state index is 2.76. The van der Waals surface area contributed by atoms with E-state index in [0.717, 1.165) is 6.42 Å².